The van der Waals surface area contributed by atoms with E-state index in [4.69, 9.17) is 14.2 Å². The average molecular weight is 515 g/mol. The highest BCUT2D eigenvalue weighted by molar-refractivity contribution is 7.99. The largest absolute Gasteiger partial charge is 0.493 e. The molecule has 36 heavy (non-hydrogen) atoms. The van der Waals surface area contributed by atoms with E-state index in [1.165, 1.54) is 38.0 Å². The normalized spacial score (nSPS) is 15.1. The molecule has 7 nitrogen and oxygen atoms in total. The first-order chi connectivity index (χ1) is 17.3. The molecule has 0 bridgehead atoms. The molecule has 188 valence electrons. The van der Waals surface area contributed by atoms with Crippen LogP contribution in [0.1, 0.15) is 17.2 Å². The molecule has 0 saturated heterocycles. The van der Waals surface area contributed by atoms with Crippen molar-refractivity contribution in [1.82, 2.24) is 0 Å². The third-order valence-electron chi connectivity index (χ3n) is 5.65. The molecule has 0 unspecified atom stereocenters. The Hall–Kier alpha value is -3.79. The Morgan fingerprint density at radius 1 is 1.03 bits per heavy atom. The lowest BCUT2D eigenvalue weighted by molar-refractivity contribution is -0.121. The first-order valence-electron chi connectivity index (χ1n) is 11.0. The Balaban J connectivity index is 1.63. The molecule has 1 aliphatic heterocycles. The van der Waals surface area contributed by atoms with Crippen molar-refractivity contribution in [1.29, 1.82) is 0 Å². The van der Waals surface area contributed by atoms with Crippen LogP contribution in [0.15, 0.2) is 59.5 Å². The van der Waals surface area contributed by atoms with E-state index in [0.29, 0.717) is 29.0 Å². The number of benzene rings is 3. The molecule has 0 fully saturated rings. The van der Waals surface area contributed by atoms with E-state index in [-0.39, 0.29) is 29.8 Å². The quantitative estimate of drug-likeness (QED) is 0.467. The Labute approximate surface area is 211 Å². The fourth-order valence-corrected chi connectivity index (χ4v) is 5.21. The van der Waals surface area contributed by atoms with Crippen LogP contribution in [0.4, 0.5) is 20.2 Å². The SMILES string of the molecule is COc1cc([C@@H]2CC(=O)N(CC(=O)Nc3ccc(F)cc3F)c3ccccc3S2)cc(OC)c1OC. The predicted octanol–water partition coefficient (Wildman–Crippen LogP) is 5.20. The van der Waals surface area contributed by atoms with Crippen LogP contribution >= 0.6 is 11.8 Å². The minimum absolute atomic E-state index is 0.0795. The summed E-state index contributed by atoms with van der Waals surface area (Å²) in [5.41, 5.74) is 1.19. The first kappa shape index (κ1) is 25.3. The number of ether oxygens (including phenoxy) is 3. The number of halogens is 2. The second-order valence-electron chi connectivity index (χ2n) is 7.89. The molecule has 0 aromatic heterocycles. The summed E-state index contributed by atoms with van der Waals surface area (Å²) in [5, 5.41) is 2.10. The Morgan fingerprint density at radius 3 is 2.36 bits per heavy atom. The van der Waals surface area contributed by atoms with Gasteiger partial charge in [0.15, 0.2) is 11.5 Å². The molecular weight excluding hydrogens is 490 g/mol. The number of hydrogen-bond acceptors (Lipinski definition) is 6. The van der Waals surface area contributed by atoms with Gasteiger partial charge in [-0.1, -0.05) is 12.1 Å². The second-order valence-corrected chi connectivity index (χ2v) is 9.13. The molecule has 1 aliphatic rings. The Kier molecular flexibility index (Phi) is 7.64. The van der Waals surface area contributed by atoms with Gasteiger partial charge in [0.25, 0.3) is 0 Å². The highest BCUT2D eigenvalue weighted by Crippen LogP contribution is 2.49. The average Bonchev–Trinajstić information content (AvgIpc) is 3.01. The molecule has 4 rings (SSSR count). The number of para-hydroxylation sites is 1. The van der Waals surface area contributed by atoms with Crippen LogP contribution in [0, 0.1) is 11.6 Å². The minimum Gasteiger partial charge on any atom is -0.493 e. The van der Waals surface area contributed by atoms with Crippen molar-refractivity contribution in [3.8, 4) is 17.2 Å². The topological polar surface area (TPSA) is 77.1 Å². The van der Waals surface area contributed by atoms with Gasteiger partial charge in [-0.2, -0.15) is 0 Å². The number of anilines is 2. The van der Waals surface area contributed by atoms with Crippen molar-refractivity contribution < 1.29 is 32.6 Å². The molecule has 10 heteroatoms. The number of carbonyl (C=O) groups is 2. The molecule has 0 radical (unpaired) electrons. The van der Waals surface area contributed by atoms with Gasteiger partial charge in [0.2, 0.25) is 17.6 Å². The van der Waals surface area contributed by atoms with Crippen LogP contribution in [-0.2, 0) is 9.59 Å². The lowest BCUT2D eigenvalue weighted by atomic mass is 10.1. The van der Waals surface area contributed by atoms with Crippen LogP contribution in [0.25, 0.3) is 0 Å². The zero-order chi connectivity index (χ0) is 25.8. The van der Waals surface area contributed by atoms with Crippen molar-refractivity contribution in [2.45, 2.75) is 16.6 Å². The standard InChI is InChI=1S/C26H24F2N2O5S/c1-33-20-10-15(11-21(34-2)26(20)35-3)23-13-25(32)30(19-6-4-5-7-22(19)36-23)14-24(31)29-18-9-8-16(27)12-17(18)28/h4-12,23H,13-14H2,1-3H3,(H,29,31)/t23-/m0/s1. The van der Waals surface area contributed by atoms with Gasteiger partial charge in [0.05, 0.1) is 32.7 Å². The van der Waals surface area contributed by atoms with E-state index in [2.05, 4.69) is 5.32 Å². The van der Waals surface area contributed by atoms with Crippen molar-refractivity contribution in [2.75, 3.05) is 38.1 Å². The number of fused-ring (bicyclic) bond motifs is 1. The molecule has 0 spiro atoms. The lowest BCUT2D eigenvalue weighted by Gasteiger charge is -2.22. The summed E-state index contributed by atoms with van der Waals surface area (Å²) < 4.78 is 43.6. The van der Waals surface area contributed by atoms with Crippen LogP contribution in [0.3, 0.4) is 0 Å². The van der Waals surface area contributed by atoms with E-state index >= 15 is 0 Å². The van der Waals surface area contributed by atoms with Crippen LogP contribution < -0.4 is 24.4 Å². The monoisotopic (exact) mass is 514 g/mol. The van der Waals surface area contributed by atoms with Gasteiger partial charge < -0.3 is 24.4 Å². The predicted molar refractivity (Wildman–Crippen MR) is 133 cm³/mol. The molecule has 0 saturated carbocycles. The summed E-state index contributed by atoms with van der Waals surface area (Å²) >= 11 is 1.48. The molecule has 3 aromatic carbocycles. The van der Waals surface area contributed by atoms with Crippen molar-refractivity contribution in [3.63, 3.8) is 0 Å². The van der Waals surface area contributed by atoms with E-state index in [0.717, 1.165) is 22.6 Å². The van der Waals surface area contributed by atoms with Crippen molar-refractivity contribution in [2.24, 2.45) is 0 Å². The van der Waals surface area contributed by atoms with Gasteiger partial charge in [-0.05, 0) is 42.0 Å². The summed E-state index contributed by atoms with van der Waals surface area (Å²) in [7, 11) is 4.55. The second kappa shape index (κ2) is 10.9. The molecule has 1 heterocycles. The third-order valence-corrected chi connectivity index (χ3v) is 6.97. The highest BCUT2D eigenvalue weighted by atomic mass is 32.2. The lowest BCUT2D eigenvalue weighted by Crippen LogP contribution is -2.38. The maximum atomic E-state index is 14.0. The summed E-state index contributed by atoms with van der Waals surface area (Å²) in [5.74, 6) is -1.17. The molecular formula is C26H24F2N2O5S. The first-order valence-corrected chi connectivity index (χ1v) is 11.8. The van der Waals surface area contributed by atoms with Gasteiger partial charge in [-0.3, -0.25) is 9.59 Å². The van der Waals surface area contributed by atoms with Gasteiger partial charge in [-0.25, -0.2) is 8.78 Å². The maximum Gasteiger partial charge on any atom is 0.244 e. The summed E-state index contributed by atoms with van der Waals surface area (Å²) in [4.78, 5) is 28.3. The molecule has 1 atom stereocenters. The smallest absolute Gasteiger partial charge is 0.244 e. The van der Waals surface area contributed by atoms with E-state index in [9.17, 15) is 18.4 Å². The zero-order valence-corrected chi connectivity index (χ0v) is 20.7. The number of methoxy groups -OCH3 is 3. The van der Waals surface area contributed by atoms with Gasteiger partial charge in [0.1, 0.15) is 18.2 Å². The van der Waals surface area contributed by atoms with Gasteiger partial charge >= 0.3 is 0 Å². The maximum absolute atomic E-state index is 14.0. The van der Waals surface area contributed by atoms with Crippen molar-refractivity contribution in [3.05, 3.63) is 71.8 Å². The van der Waals surface area contributed by atoms with E-state index < -0.39 is 17.5 Å². The summed E-state index contributed by atoms with van der Waals surface area (Å²) in [6.45, 7) is -0.338. The summed E-state index contributed by atoms with van der Waals surface area (Å²) in [6, 6.07) is 13.7. The Bertz CT molecular complexity index is 1280. The van der Waals surface area contributed by atoms with Crippen LogP contribution in [0.5, 0.6) is 17.2 Å². The van der Waals surface area contributed by atoms with E-state index in [1.54, 1.807) is 24.3 Å². The number of carbonyl (C=O) groups excluding carboxylic acids is 2. The molecule has 3 aromatic rings. The molecule has 0 aliphatic carbocycles. The van der Waals surface area contributed by atoms with Gasteiger partial charge in [-0.15, -0.1) is 11.8 Å². The number of nitrogens with one attached hydrogen (secondary N) is 1. The number of thioether (sulfide) groups is 1. The van der Waals surface area contributed by atoms with Gasteiger partial charge in [0, 0.05) is 22.6 Å². The number of rotatable bonds is 7. The van der Waals surface area contributed by atoms with Crippen LogP contribution in [0.2, 0.25) is 0 Å². The fraction of sp³-hybridized carbons (Fsp3) is 0.231. The number of hydrogen-bond donors (Lipinski definition) is 1. The van der Waals surface area contributed by atoms with Crippen molar-refractivity contribution >= 4 is 35.0 Å². The van der Waals surface area contributed by atoms with Crippen LogP contribution in [-0.4, -0.2) is 39.7 Å². The molecule has 1 N–H and O–H groups in total. The zero-order valence-electron chi connectivity index (χ0n) is 19.8. The fourth-order valence-electron chi connectivity index (χ4n) is 3.95. The third kappa shape index (κ3) is 5.23. The summed E-state index contributed by atoms with van der Waals surface area (Å²) in [6.07, 6.45) is 0.0795. The number of nitrogens with zero attached hydrogens (tertiary/aromatic N) is 1. The highest BCUT2D eigenvalue weighted by Gasteiger charge is 2.31. The molecule has 2 amide bonds. The Morgan fingerprint density at radius 2 is 1.72 bits per heavy atom. The minimum atomic E-state index is -0.899. The van der Waals surface area contributed by atoms with E-state index in [1.807, 2.05) is 12.1 Å². The number of amides is 2.